The minimum Gasteiger partial charge on any atom is -0.356 e. The second-order valence-corrected chi connectivity index (χ2v) is 16.4. The Kier molecular flexibility index (Phi) is 12.9. The fourth-order valence-corrected chi connectivity index (χ4v) is 8.26. The summed E-state index contributed by atoms with van der Waals surface area (Å²) in [5.74, 6) is -3.50. The van der Waals surface area contributed by atoms with Gasteiger partial charge in [-0.3, -0.25) is 14.6 Å². The molecule has 3 aromatic rings. The summed E-state index contributed by atoms with van der Waals surface area (Å²) in [6.45, 7) is 8.88. The van der Waals surface area contributed by atoms with Gasteiger partial charge in [0, 0.05) is 44.4 Å². The third kappa shape index (κ3) is 10.8. The van der Waals surface area contributed by atoms with Gasteiger partial charge in [-0.15, -0.1) is 0 Å². The zero-order valence-electron chi connectivity index (χ0n) is 28.3. The molecule has 0 aliphatic carbocycles. The van der Waals surface area contributed by atoms with Crippen molar-refractivity contribution in [2.24, 2.45) is 5.41 Å². The molecule has 274 valence electrons. The number of benzene rings is 2. The number of halogens is 4. The predicted molar refractivity (Wildman–Crippen MR) is 177 cm³/mol. The number of hydrogen-bond acceptors (Lipinski definition) is 8. The lowest BCUT2D eigenvalue weighted by Crippen LogP contribution is -2.50. The highest BCUT2D eigenvalue weighted by Gasteiger charge is 2.41. The first-order valence-corrected chi connectivity index (χ1v) is 18.5. The first kappa shape index (κ1) is 40.5. The van der Waals surface area contributed by atoms with E-state index in [1.54, 1.807) is 68.4 Å². The summed E-state index contributed by atoms with van der Waals surface area (Å²) in [6, 6.07) is 7.81. The normalized spacial score (nSPS) is 13.9. The van der Waals surface area contributed by atoms with Crippen LogP contribution < -0.4 is 10.2 Å². The van der Waals surface area contributed by atoms with Gasteiger partial charge in [-0.2, -0.15) is 17.5 Å². The predicted octanol–water partition coefficient (Wildman–Crippen LogP) is 5.68. The summed E-state index contributed by atoms with van der Waals surface area (Å²) in [6.07, 6.45) is -2.49. The van der Waals surface area contributed by atoms with Gasteiger partial charge in [0.2, 0.25) is 26.0 Å². The van der Waals surface area contributed by atoms with Gasteiger partial charge in [0.25, 0.3) is 0 Å². The van der Waals surface area contributed by atoms with Gasteiger partial charge in [0.15, 0.2) is 0 Å². The van der Waals surface area contributed by atoms with E-state index in [9.17, 15) is 44.0 Å². The Labute approximate surface area is 289 Å². The molecule has 0 aliphatic heterocycles. The molecule has 0 saturated carbocycles. The van der Waals surface area contributed by atoms with E-state index >= 15 is 0 Å². The lowest BCUT2D eigenvalue weighted by Gasteiger charge is -2.32. The van der Waals surface area contributed by atoms with Crippen LogP contribution in [0.2, 0.25) is 0 Å². The smallest absolute Gasteiger partial charge is 0.356 e. The van der Waals surface area contributed by atoms with E-state index in [1.807, 2.05) is 6.92 Å². The van der Waals surface area contributed by atoms with Gasteiger partial charge in [-0.25, -0.2) is 21.2 Å². The zero-order valence-corrected chi connectivity index (χ0v) is 30.0. The molecule has 2 atom stereocenters. The van der Waals surface area contributed by atoms with Gasteiger partial charge in [-0.05, 0) is 83.2 Å². The Hall–Kier alpha value is -3.93. The Morgan fingerprint density at radius 1 is 1.02 bits per heavy atom. The molecule has 0 aliphatic rings. The Morgan fingerprint density at radius 3 is 2.30 bits per heavy atom. The Bertz CT molecular complexity index is 1920. The average Bonchev–Trinajstić information content (AvgIpc) is 3.00. The van der Waals surface area contributed by atoms with Gasteiger partial charge in [-0.1, -0.05) is 39.0 Å². The van der Waals surface area contributed by atoms with E-state index in [1.165, 1.54) is 6.92 Å². The molecule has 2 N–H and O–H groups in total. The van der Waals surface area contributed by atoms with Crippen molar-refractivity contribution < 1.29 is 48.8 Å². The third-order valence-corrected chi connectivity index (χ3v) is 11.0. The van der Waals surface area contributed by atoms with Crippen molar-refractivity contribution in [3.05, 3.63) is 83.4 Å². The molecule has 1 amide bonds. The van der Waals surface area contributed by atoms with Gasteiger partial charge in [0.1, 0.15) is 5.82 Å². The van der Waals surface area contributed by atoms with Crippen LogP contribution >= 0.6 is 0 Å². The van der Waals surface area contributed by atoms with Crippen molar-refractivity contribution in [1.82, 2.24) is 19.5 Å². The molecule has 0 saturated heterocycles. The first-order valence-electron chi connectivity index (χ1n) is 15.4. The van der Waals surface area contributed by atoms with Crippen LogP contribution in [-0.4, -0.2) is 56.3 Å². The highest BCUT2D eigenvalue weighted by atomic mass is 32.2. The molecule has 1 heterocycles. The third-order valence-electron chi connectivity index (χ3n) is 7.83. The number of carbonyl (C=O) groups is 2. The molecule has 11 nitrogen and oxygen atoms in total. The fourth-order valence-electron chi connectivity index (χ4n) is 5.07. The molecule has 1 unspecified atom stereocenters. The maximum absolute atomic E-state index is 14.1. The van der Waals surface area contributed by atoms with Crippen LogP contribution in [0.4, 0.5) is 17.6 Å². The molecule has 0 radical (unpaired) electrons. The standard InChI is InChI=1S/C33H40F4N4O7S2/c1-21-19-38-15-14-27(21)25-10-7-9-24(17-25)22(2)41(50(46,47)29-13-12-26(34)18-28(29)33(35,36)37)16-8-11-31(43)39-30(32(4,5)6)20-49(44,45)40-48-23(3)42/h7,9-10,12-15,17-19,22,30,40H,8,11,16,20H2,1-6H3,(H,39,43)/t22?,30-/m1/s1. The second kappa shape index (κ2) is 16.0. The molecule has 0 spiro atoms. The summed E-state index contributed by atoms with van der Waals surface area (Å²) >= 11 is 0. The number of carbonyl (C=O) groups excluding carboxylic acids is 2. The van der Waals surface area contributed by atoms with E-state index in [2.05, 4.69) is 15.1 Å². The van der Waals surface area contributed by atoms with Crippen LogP contribution in [0.15, 0.2) is 65.8 Å². The average molecular weight is 745 g/mol. The number of pyridine rings is 1. The first-order chi connectivity index (χ1) is 23.0. The highest BCUT2D eigenvalue weighted by Crippen LogP contribution is 2.38. The molecule has 1 aromatic heterocycles. The summed E-state index contributed by atoms with van der Waals surface area (Å²) < 4.78 is 110. The molecule has 0 bridgehead atoms. The lowest BCUT2D eigenvalue weighted by molar-refractivity contribution is -0.144. The second-order valence-electron chi connectivity index (χ2n) is 12.8. The van der Waals surface area contributed by atoms with Crippen LogP contribution in [-0.2, 0) is 40.6 Å². The van der Waals surface area contributed by atoms with Crippen molar-refractivity contribution >= 4 is 31.9 Å². The number of aryl methyl sites for hydroxylation is 1. The largest absolute Gasteiger partial charge is 0.417 e. The molecule has 3 rings (SSSR count). The summed E-state index contributed by atoms with van der Waals surface area (Å²) in [4.78, 5) is 33.1. The van der Waals surface area contributed by atoms with E-state index in [4.69, 9.17) is 0 Å². The number of amides is 1. The van der Waals surface area contributed by atoms with Crippen molar-refractivity contribution in [2.75, 3.05) is 12.3 Å². The number of sulfonamides is 2. The van der Waals surface area contributed by atoms with E-state index in [0.717, 1.165) is 22.4 Å². The summed E-state index contributed by atoms with van der Waals surface area (Å²) in [5.41, 5.74) is 0.286. The minimum atomic E-state index is -5.20. The van der Waals surface area contributed by atoms with Crippen LogP contribution in [0.5, 0.6) is 0 Å². The van der Waals surface area contributed by atoms with Crippen molar-refractivity contribution in [3.63, 3.8) is 0 Å². The van der Waals surface area contributed by atoms with Crippen molar-refractivity contribution in [3.8, 4) is 11.1 Å². The highest BCUT2D eigenvalue weighted by molar-refractivity contribution is 7.89. The number of hydrogen-bond donors (Lipinski definition) is 2. The van der Waals surface area contributed by atoms with Crippen molar-refractivity contribution in [2.45, 2.75) is 77.5 Å². The topological polar surface area (TPSA) is 152 Å². The summed E-state index contributed by atoms with van der Waals surface area (Å²) in [7, 11) is -9.16. The van der Waals surface area contributed by atoms with E-state index in [-0.39, 0.29) is 18.9 Å². The lowest BCUT2D eigenvalue weighted by atomic mass is 9.88. The molecule has 2 aromatic carbocycles. The number of rotatable bonds is 14. The monoisotopic (exact) mass is 744 g/mol. The minimum absolute atomic E-state index is 0.118. The molecule has 0 fully saturated rings. The van der Waals surface area contributed by atoms with Crippen LogP contribution in [0.1, 0.15) is 70.2 Å². The number of nitrogens with zero attached hydrogens (tertiary/aromatic N) is 2. The number of aromatic nitrogens is 1. The SMILES string of the molecule is CC(=O)ONS(=O)(=O)C[C@@H](NC(=O)CCCN(C(C)c1cccc(-c2ccncc2C)c1)S(=O)(=O)c1ccc(F)cc1C(F)(F)F)C(C)(C)C. The molecule has 50 heavy (non-hydrogen) atoms. The maximum Gasteiger partial charge on any atom is 0.417 e. The fraction of sp³-hybridized carbons (Fsp3) is 0.424. The van der Waals surface area contributed by atoms with E-state index < -0.39 is 84.2 Å². The quantitative estimate of drug-likeness (QED) is 0.158. The molecule has 17 heteroatoms. The van der Waals surface area contributed by atoms with Crippen LogP contribution in [0, 0.1) is 18.2 Å². The number of alkyl halides is 3. The molecular formula is C33H40F4N4O7S2. The zero-order chi connectivity index (χ0) is 37.7. The Morgan fingerprint density at radius 2 is 1.70 bits per heavy atom. The van der Waals surface area contributed by atoms with Gasteiger partial charge < -0.3 is 10.2 Å². The van der Waals surface area contributed by atoms with Crippen molar-refractivity contribution in [1.29, 1.82) is 0 Å². The van der Waals surface area contributed by atoms with Gasteiger partial charge in [0.05, 0.1) is 16.2 Å². The number of nitrogens with one attached hydrogen (secondary N) is 2. The molecular weight excluding hydrogens is 705 g/mol. The van der Waals surface area contributed by atoms with E-state index in [0.29, 0.717) is 23.3 Å². The van der Waals surface area contributed by atoms with Gasteiger partial charge >= 0.3 is 12.1 Å². The summed E-state index contributed by atoms with van der Waals surface area (Å²) in [5, 5.41) is 2.61. The Balaban J connectivity index is 1.95. The maximum atomic E-state index is 14.1. The van der Waals surface area contributed by atoms with Crippen LogP contribution in [0.3, 0.4) is 0 Å². The van der Waals surface area contributed by atoms with Crippen LogP contribution in [0.25, 0.3) is 11.1 Å².